The number of benzene rings is 1. The quantitative estimate of drug-likeness (QED) is 0.811. The Morgan fingerprint density at radius 1 is 1.09 bits per heavy atom. The molecule has 0 aliphatic carbocycles. The molecule has 6 nitrogen and oxygen atoms in total. The van der Waals surface area contributed by atoms with Crippen LogP contribution in [0.3, 0.4) is 0 Å². The van der Waals surface area contributed by atoms with Crippen molar-refractivity contribution in [1.29, 1.82) is 0 Å². The number of nitrogens with zero attached hydrogens (tertiary/aromatic N) is 2. The Labute approximate surface area is 138 Å². The van der Waals surface area contributed by atoms with E-state index in [0.29, 0.717) is 0 Å². The standard InChI is InChI=1S/C17H27N3O3/c1-14(21)18-6-7-19-8-10-20(11-9-19)13-15-4-5-16(22-2)17(12-15)23-3/h4-5,12H,6-11,13H2,1-3H3,(H,18,21). The molecule has 0 atom stereocenters. The Kier molecular flexibility index (Phi) is 6.67. The van der Waals surface area contributed by atoms with E-state index in [-0.39, 0.29) is 5.91 Å². The Bertz CT molecular complexity index is 514. The number of piperazine rings is 1. The zero-order valence-corrected chi connectivity index (χ0v) is 14.3. The van der Waals surface area contributed by atoms with Crippen molar-refractivity contribution in [3.05, 3.63) is 23.8 Å². The number of nitrogens with one attached hydrogen (secondary N) is 1. The molecule has 128 valence electrons. The van der Waals surface area contributed by atoms with Gasteiger partial charge in [0.2, 0.25) is 5.91 Å². The molecule has 1 aliphatic heterocycles. The van der Waals surface area contributed by atoms with E-state index in [2.05, 4.69) is 21.2 Å². The minimum absolute atomic E-state index is 0.0390. The van der Waals surface area contributed by atoms with Crippen LogP contribution >= 0.6 is 0 Å². The molecule has 6 heteroatoms. The summed E-state index contributed by atoms with van der Waals surface area (Å²) in [7, 11) is 3.31. The van der Waals surface area contributed by atoms with Crippen LogP contribution < -0.4 is 14.8 Å². The normalized spacial score (nSPS) is 16.1. The lowest BCUT2D eigenvalue weighted by atomic mass is 10.1. The summed E-state index contributed by atoms with van der Waals surface area (Å²) in [6.07, 6.45) is 0. The molecule has 23 heavy (non-hydrogen) atoms. The van der Waals surface area contributed by atoms with Crippen molar-refractivity contribution in [1.82, 2.24) is 15.1 Å². The molecule has 1 heterocycles. The first-order valence-electron chi connectivity index (χ1n) is 8.02. The number of carbonyl (C=O) groups is 1. The van der Waals surface area contributed by atoms with Crippen molar-refractivity contribution < 1.29 is 14.3 Å². The molecule has 1 aromatic rings. The van der Waals surface area contributed by atoms with Gasteiger partial charge in [-0.1, -0.05) is 6.07 Å². The summed E-state index contributed by atoms with van der Waals surface area (Å²) >= 11 is 0. The summed E-state index contributed by atoms with van der Waals surface area (Å²) in [6.45, 7) is 8.26. The Balaban J connectivity index is 1.79. The van der Waals surface area contributed by atoms with E-state index >= 15 is 0 Å². The van der Waals surface area contributed by atoms with Crippen molar-refractivity contribution in [2.24, 2.45) is 0 Å². The first kappa shape index (κ1) is 17.6. The van der Waals surface area contributed by atoms with E-state index in [1.54, 1.807) is 21.1 Å². The van der Waals surface area contributed by atoms with Crippen LogP contribution in [0.4, 0.5) is 0 Å². The van der Waals surface area contributed by atoms with Crippen LogP contribution in [0.5, 0.6) is 11.5 Å². The van der Waals surface area contributed by atoms with Crippen LogP contribution in [0.2, 0.25) is 0 Å². The van der Waals surface area contributed by atoms with Gasteiger partial charge in [0.05, 0.1) is 14.2 Å². The summed E-state index contributed by atoms with van der Waals surface area (Å²) in [5, 5.41) is 2.85. The van der Waals surface area contributed by atoms with E-state index in [0.717, 1.165) is 57.3 Å². The lowest BCUT2D eigenvalue weighted by Crippen LogP contribution is -2.47. The Morgan fingerprint density at radius 3 is 2.35 bits per heavy atom. The third-order valence-corrected chi connectivity index (χ3v) is 4.12. The van der Waals surface area contributed by atoms with Crippen molar-refractivity contribution in [2.75, 3.05) is 53.5 Å². The molecular weight excluding hydrogens is 294 g/mol. The summed E-state index contributed by atoms with van der Waals surface area (Å²) in [4.78, 5) is 15.7. The van der Waals surface area contributed by atoms with Gasteiger partial charge in [0, 0.05) is 52.7 Å². The summed E-state index contributed by atoms with van der Waals surface area (Å²) in [5.41, 5.74) is 1.23. The number of amides is 1. The molecule has 1 amide bonds. The van der Waals surface area contributed by atoms with Gasteiger partial charge >= 0.3 is 0 Å². The van der Waals surface area contributed by atoms with E-state index in [1.807, 2.05) is 12.1 Å². The fourth-order valence-corrected chi connectivity index (χ4v) is 2.80. The molecule has 0 aromatic heterocycles. The van der Waals surface area contributed by atoms with Gasteiger partial charge in [-0.25, -0.2) is 0 Å². The largest absolute Gasteiger partial charge is 0.493 e. The summed E-state index contributed by atoms with van der Waals surface area (Å²) in [6, 6.07) is 6.09. The zero-order chi connectivity index (χ0) is 16.7. The van der Waals surface area contributed by atoms with Crippen LogP contribution in [0.15, 0.2) is 18.2 Å². The minimum Gasteiger partial charge on any atom is -0.493 e. The highest BCUT2D eigenvalue weighted by Gasteiger charge is 2.17. The first-order chi connectivity index (χ1) is 11.1. The number of hydrogen-bond donors (Lipinski definition) is 1. The van der Waals surface area contributed by atoms with Crippen molar-refractivity contribution in [2.45, 2.75) is 13.5 Å². The molecule has 1 N–H and O–H groups in total. The van der Waals surface area contributed by atoms with Gasteiger partial charge in [-0.3, -0.25) is 14.6 Å². The summed E-state index contributed by atoms with van der Waals surface area (Å²) < 4.78 is 10.6. The van der Waals surface area contributed by atoms with Gasteiger partial charge in [0.1, 0.15) is 0 Å². The molecule has 0 radical (unpaired) electrons. The molecule has 0 saturated carbocycles. The lowest BCUT2D eigenvalue weighted by molar-refractivity contribution is -0.119. The van der Waals surface area contributed by atoms with Crippen LogP contribution in [0.25, 0.3) is 0 Å². The van der Waals surface area contributed by atoms with Gasteiger partial charge < -0.3 is 14.8 Å². The number of carbonyl (C=O) groups excluding carboxylic acids is 1. The highest BCUT2D eigenvalue weighted by molar-refractivity contribution is 5.72. The summed E-state index contributed by atoms with van der Waals surface area (Å²) in [5.74, 6) is 1.58. The maximum atomic E-state index is 10.9. The molecule has 1 fully saturated rings. The first-order valence-corrected chi connectivity index (χ1v) is 8.02. The number of ether oxygens (including phenoxy) is 2. The molecular formula is C17H27N3O3. The third kappa shape index (κ3) is 5.41. The molecule has 1 saturated heterocycles. The van der Waals surface area contributed by atoms with Crippen molar-refractivity contribution >= 4 is 5.91 Å². The second-order valence-electron chi connectivity index (χ2n) is 5.79. The van der Waals surface area contributed by atoms with Crippen LogP contribution in [0, 0.1) is 0 Å². The number of hydrogen-bond acceptors (Lipinski definition) is 5. The van der Waals surface area contributed by atoms with Gasteiger partial charge in [-0.15, -0.1) is 0 Å². The SMILES string of the molecule is COc1ccc(CN2CCN(CCNC(C)=O)CC2)cc1OC. The lowest BCUT2D eigenvalue weighted by Gasteiger charge is -2.34. The number of methoxy groups -OCH3 is 2. The maximum absolute atomic E-state index is 10.9. The monoisotopic (exact) mass is 321 g/mol. The zero-order valence-electron chi connectivity index (χ0n) is 14.3. The smallest absolute Gasteiger partial charge is 0.216 e. The molecule has 1 aromatic carbocycles. The van der Waals surface area contributed by atoms with Crippen LogP contribution in [-0.2, 0) is 11.3 Å². The maximum Gasteiger partial charge on any atom is 0.216 e. The Hall–Kier alpha value is -1.79. The van der Waals surface area contributed by atoms with Gasteiger partial charge in [0.25, 0.3) is 0 Å². The van der Waals surface area contributed by atoms with Gasteiger partial charge in [0.15, 0.2) is 11.5 Å². The van der Waals surface area contributed by atoms with Crippen LogP contribution in [-0.4, -0.2) is 69.2 Å². The van der Waals surface area contributed by atoms with Crippen LogP contribution in [0.1, 0.15) is 12.5 Å². The van der Waals surface area contributed by atoms with Gasteiger partial charge in [-0.05, 0) is 17.7 Å². The molecule has 0 bridgehead atoms. The fraction of sp³-hybridized carbons (Fsp3) is 0.588. The van der Waals surface area contributed by atoms with E-state index in [9.17, 15) is 4.79 Å². The fourth-order valence-electron chi connectivity index (χ4n) is 2.80. The molecule has 1 aliphatic rings. The predicted octanol–water partition coefficient (Wildman–Crippen LogP) is 0.958. The molecule has 0 spiro atoms. The number of rotatable bonds is 7. The van der Waals surface area contributed by atoms with E-state index in [4.69, 9.17) is 9.47 Å². The van der Waals surface area contributed by atoms with E-state index in [1.165, 1.54) is 5.56 Å². The highest BCUT2D eigenvalue weighted by Crippen LogP contribution is 2.28. The second kappa shape index (κ2) is 8.74. The molecule has 0 unspecified atom stereocenters. The van der Waals surface area contributed by atoms with Crippen molar-refractivity contribution in [3.63, 3.8) is 0 Å². The Morgan fingerprint density at radius 2 is 1.74 bits per heavy atom. The average molecular weight is 321 g/mol. The minimum atomic E-state index is 0.0390. The van der Waals surface area contributed by atoms with Crippen molar-refractivity contribution in [3.8, 4) is 11.5 Å². The van der Waals surface area contributed by atoms with Gasteiger partial charge in [-0.2, -0.15) is 0 Å². The highest BCUT2D eigenvalue weighted by atomic mass is 16.5. The third-order valence-electron chi connectivity index (χ3n) is 4.12. The predicted molar refractivity (Wildman–Crippen MR) is 89.9 cm³/mol. The molecule has 2 rings (SSSR count). The van der Waals surface area contributed by atoms with E-state index < -0.39 is 0 Å². The second-order valence-corrected chi connectivity index (χ2v) is 5.79. The average Bonchev–Trinajstić information content (AvgIpc) is 2.56. The topological polar surface area (TPSA) is 54.0 Å².